The third-order valence-corrected chi connectivity index (χ3v) is 1.56. The molecule has 1 aliphatic carbocycles. The first-order valence-corrected chi connectivity index (χ1v) is 3.02. The molecule has 0 bridgehead atoms. The molecule has 0 saturated carbocycles. The van der Waals surface area contributed by atoms with E-state index in [-0.39, 0.29) is 17.7 Å². The fourth-order valence-electron chi connectivity index (χ4n) is 0.948. The van der Waals surface area contributed by atoms with E-state index in [0.29, 0.717) is 5.57 Å². The van der Waals surface area contributed by atoms with Crippen molar-refractivity contribution in [3.05, 3.63) is 23.8 Å². The predicted molar refractivity (Wildman–Crippen MR) is 33.9 cm³/mol. The average molecular weight is 135 g/mol. The summed E-state index contributed by atoms with van der Waals surface area (Å²) in [6.45, 7) is 0. The number of allylic oxidation sites excluding steroid dienone is 2. The fraction of sp³-hybridized carbons (Fsp3) is 0.143. The van der Waals surface area contributed by atoms with Crippen molar-refractivity contribution in [2.24, 2.45) is 5.92 Å². The molecule has 50 valence electrons. The van der Waals surface area contributed by atoms with Gasteiger partial charge in [0.25, 0.3) is 11.8 Å². The number of amides is 2. The summed E-state index contributed by atoms with van der Waals surface area (Å²) >= 11 is 0. The van der Waals surface area contributed by atoms with Crippen molar-refractivity contribution in [2.75, 3.05) is 0 Å². The Labute approximate surface area is 57.4 Å². The number of hydrogen-bond acceptors (Lipinski definition) is 2. The molecule has 2 rings (SSSR count). The zero-order valence-electron chi connectivity index (χ0n) is 5.13. The van der Waals surface area contributed by atoms with Crippen LogP contribution >= 0.6 is 0 Å². The van der Waals surface area contributed by atoms with Crippen LogP contribution in [0.1, 0.15) is 0 Å². The molecule has 0 aromatic carbocycles. The lowest BCUT2D eigenvalue weighted by Gasteiger charge is -1.91. The number of fused-ring (bicyclic) bond motifs is 1. The lowest BCUT2D eigenvalue weighted by molar-refractivity contribution is -0.125. The molecular formula is C7H5NO2. The summed E-state index contributed by atoms with van der Waals surface area (Å²) in [7, 11) is 0. The molecule has 1 N–H and O–H groups in total. The van der Waals surface area contributed by atoms with Gasteiger partial charge in [0.2, 0.25) is 0 Å². The highest BCUT2D eigenvalue weighted by Gasteiger charge is 2.31. The van der Waals surface area contributed by atoms with E-state index in [1.807, 2.05) is 6.08 Å². The molecule has 2 amide bonds. The molecule has 0 fully saturated rings. The standard InChI is InChI=1S/C7H5NO2/c9-6-2-1-4-3-5(4)7(10)8-6/h1-4H,(H,8,9,10). The van der Waals surface area contributed by atoms with Gasteiger partial charge in [0.1, 0.15) is 0 Å². The van der Waals surface area contributed by atoms with E-state index in [0.717, 1.165) is 0 Å². The van der Waals surface area contributed by atoms with Gasteiger partial charge in [-0.2, -0.15) is 0 Å². The van der Waals surface area contributed by atoms with Crippen molar-refractivity contribution in [3.8, 4) is 0 Å². The van der Waals surface area contributed by atoms with Gasteiger partial charge in [0.05, 0.1) is 0 Å². The Morgan fingerprint density at radius 2 is 2.20 bits per heavy atom. The highest BCUT2D eigenvalue weighted by molar-refractivity contribution is 6.12. The quantitative estimate of drug-likeness (QED) is 0.466. The Hall–Kier alpha value is -1.38. The number of hydrogen-bond donors (Lipinski definition) is 1. The molecule has 0 aromatic rings. The first-order chi connectivity index (χ1) is 4.77. The Morgan fingerprint density at radius 1 is 1.40 bits per heavy atom. The lowest BCUT2D eigenvalue weighted by atomic mass is 10.3. The van der Waals surface area contributed by atoms with Crippen LogP contribution in [-0.2, 0) is 9.59 Å². The lowest BCUT2D eigenvalue weighted by Crippen LogP contribution is -2.27. The van der Waals surface area contributed by atoms with Crippen LogP contribution in [0.25, 0.3) is 0 Å². The number of carbonyl (C=O) groups excluding carboxylic acids is 2. The Kier molecular flexibility index (Phi) is 0.845. The maximum absolute atomic E-state index is 10.8. The molecule has 3 heteroatoms. The third-order valence-electron chi connectivity index (χ3n) is 1.56. The highest BCUT2D eigenvalue weighted by atomic mass is 16.2. The molecule has 2 aliphatic rings. The summed E-state index contributed by atoms with van der Waals surface area (Å²) in [6, 6.07) is 0. The largest absolute Gasteiger partial charge is 0.289 e. The fourth-order valence-corrected chi connectivity index (χ4v) is 0.948. The van der Waals surface area contributed by atoms with Gasteiger partial charge in [-0.25, -0.2) is 0 Å². The summed E-state index contributed by atoms with van der Waals surface area (Å²) < 4.78 is 0. The monoisotopic (exact) mass is 135 g/mol. The van der Waals surface area contributed by atoms with Crippen LogP contribution < -0.4 is 5.32 Å². The first-order valence-electron chi connectivity index (χ1n) is 3.02. The minimum absolute atomic E-state index is 0.131. The number of imide groups is 1. The Morgan fingerprint density at radius 3 is 3.00 bits per heavy atom. The summed E-state index contributed by atoms with van der Waals surface area (Å²) in [5.41, 5.74) is 0.710. The van der Waals surface area contributed by atoms with Gasteiger partial charge in [-0.15, -0.1) is 0 Å². The second-order valence-corrected chi connectivity index (χ2v) is 2.33. The van der Waals surface area contributed by atoms with Crippen molar-refractivity contribution in [1.82, 2.24) is 5.32 Å². The molecule has 0 radical (unpaired) electrons. The molecule has 3 nitrogen and oxygen atoms in total. The zero-order valence-corrected chi connectivity index (χ0v) is 5.13. The molecule has 10 heavy (non-hydrogen) atoms. The van der Waals surface area contributed by atoms with Crippen LogP contribution in [0.5, 0.6) is 0 Å². The molecule has 1 heterocycles. The third kappa shape index (κ3) is 0.673. The van der Waals surface area contributed by atoms with Crippen molar-refractivity contribution in [2.45, 2.75) is 0 Å². The van der Waals surface area contributed by atoms with Crippen LogP contribution in [0.15, 0.2) is 23.8 Å². The number of nitrogens with one attached hydrogen (secondary N) is 1. The number of carbonyl (C=O) groups is 2. The molecule has 0 saturated heterocycles. The van der Waals surface area contributed by atoms with E-state index in [1.54, 1.807) is 6.08 Å². The summed E-state index contributed by atoms with van der Waals surface area (Å²) in [6.07, 6.45) is 4.92. The second kappa shape index (κ2) is 1.56. The van der Waals surface area contributed by atoms with Crippen molar-refractivity contribution < 1.29 is 9.59 Å². The van der Waals surface area contributed by atoms with Crippen LogP contribution in [0.4, 0.5) is 0 Å². The van der Waals surface area contributed by atoms with E-state index in [9.17, 15) is 9.59 Å². The molecule has 0 aromatic heterocycles. The zero-order chi connectivity index (χ0) is 7.14. The predicted octanol–water partition coefficient (Wildman–Crippen LogP) is -0.245. The van der Waals surface area contributed by atoms with Crippen molar-refractivity contribution in [3.63, 3.8) is 0 Å². The Bertz CT molecular complexity index is 275. The van der Waals surface area contributed by atoms with E-state index in [4.69, 9.17) is 0 Å². The smallest absolute Gasteiger partial charge is 0.254 e. The van der Waals surface area contributed by atoms with Crippen LogP contribution in [0.3, 0.4) is 0 Å². The summed E-state index contributed by atoms with van der Waals surface area (Å²) in [5.74, 6) is -0.440. The average Bonchev–Trinajstić information content (AvgIpc) is 2.59. The second-order valence-electron chi connectivity index (χ2n) is 2.33. The number of rotatable bonds is 0. The van der Waals surface area contributed by atoms with E-state index >= 15 is 0 Å². The van der Waals surface area contributed by atoms with Gasteiger partial charge in [-0.3, -0.25) is 14.9 Å². The SMILES string of the molecule is O=C1C=CC2C=C2C(=O)N1. The first kappa shape index (κ1) is 5.41. The molecule has 1 aliphatic heterocycles. The minimum atomic E-state index is -0.321. The van der Waals surface area contributed by atoms with Crippen molar-refractivity contribution in [1.29, 1.82) is 0 Å². The highest BCUT2D eigenvalue weighted by Crippen LogP contribution is 2.31. The summed E-state index contributed by atoms with van der Waals surface area (Å²) in [4.78, 5) is 21.4. The van der Waals surface area contributed by atoms with Crippen LogP contribution in [0.2, 0.25) is 0 Å². The topological polar surface area (TPSA) is 46.2 Å². The maximum atomic E-state index is 10.8. The molecule has 1 unspecified atom stereocenters. The molecule has 0 spiro atoms. The van der Waals surface area contributed by atoms with Crippen molar-refractivity contribution >= 4 is 11.8 Å². The van der Waals surface area contributed by atoms with Gasteiger partial charge in [0, 0.05) is 17.6 Å². The van der Waals surface area contributed by atoms with E-state index in [1.165, 1.54) is 6.08 Å². The van der Waals surface area contributed by atoms with Gasteiger partial charge < -0.3 is 0 Å². The normalized spacial score (nSPS) is 28.4. The van der Waals surface area contributed by atoms with Gasteiger partial charge in [-0.1, -0.05) is 12.2 Å². The van der Waals surface area contributed by atoms with Gasteiger partial charge in [0.15, 0.2) is 0 Å². The van der Waals surface area contributed by atoms with E-state index < -0.39 is 0 Å². The minimum Gasteiger partial charge on any atom is -0.289 e. The Balaban J connectivity index is 2.27. The maximum Gasteiger partial charge on any atom is 0.254 e. The van der Waals surface area contributed by atoms with Gasteiger partial charge >= 0.3 is 0 Å². The molecule has 1 atom stereocenters. The molecular weight excluding hydrogens is 130 g/mol. The van der Waals surface area contributed by atoms with Crippen LogP contribution in [-0.4, -0.2) is 11.8 Å². The van der Waals surface area contributed by atoms with E-state index in [2.05, 4.69) is 5.32 Å². The van der Waals surface area contributed by atoms with Crippen LogP contribution in [0, 0.1) is 5.92 Å². The summed E-state index contributed by atoms with van der Waals surface area (Å²) in [5, 5.41) is 2.20. The van der Waals surface area contributed by atoms with Gasteiger partial charge in [-0.05, 0) is 0 Å².